The quantitative estimate of drug-likeness (QED) is 0.175. The van der Waals surface area contributed by atoms with Crippen LogP contribution in [0.25, 0.3) is 0 Å². The van der Waals surface area contributed by atoms with Gasteiger partial charge in [0.25, 0.3) is 0 Å². The zero-order chi connectivity index (χ0) is 20.2. The van der Waals surface area contributed by atoms with Crippen LogP contribution in [0.15, 0.2) is 35.9 Å². The maximum Gasteiger partial charge on any atom is 0.119 e. The Hall–Kier alpha value is -1.28. The molecular formula is C26H42O2. The van der Waals surface area contributed by atoms with E-state index in [-0.39, 0.29) is 5.60 Å². The summed E-state index contributed by atoms with van der Waals surface area (Å²) in [4.78, 5) is 0. The van der Waals surface area contributed by atoms with Crippen LogP contribution in [0.1, 0.15) is 97.5 Å². The number of aryl methyl sites for hydroxylation is 1. The molecule has 1 fully saturated rings. The summed E-state index contributed by atoms with van der Waals surface area (Å²) >= 11 is 0. The van der Waals surface area contributed by atoms with Crippen LogP contribution in [0.2, 0.25) is 0 Å². The average molecular weight is 387 g/mol. The summed E-state index contributed by atoms with van der Waals surface area (Å²) in [5, 5.41) is 0. The number of unbranched alkanes of at least 4 members (excludes halogenated alkanes) is 4. The Labute approximate surface area is 173 Å². The van der Waals surface area contributed by atoms with Crippen molar-refractivity contribution in [2.75, 3.05) is 6.61 Å². The Morgan fingerprint density at radius 1 is 1.00 bits per heavy atom. The van der Waals surface area contributed by atoms with Crippen LogP contribution in [-0.4, -0.2) is 18.3 Å². The van der Waals surface area contributed by atoms with Crippen LogP contribution in [0, 0.1) is 0 Å². The molecule has 1 aromatic rings. The molecule has 0 bridgehead atoms. The van der Waals surface area contributed by atoms with Crippen molar-refractivity contribution >= 4 is 0 Å². The molecule has 0 saturated carbocycles. The van der Waals surface area contributed by atoms with E-state index in [1.807, 2.05) is 0 Å². The van der Waals surface area contributed by atoms with E-state index in [1.54, 1.807) is 5.57 Å². The van der Waals surface area contributed by atoms with Crippen molar-refractivity contribution in [1.29, 1.82) is 0 Å². The number of ether oxygens (including phenoxy) is 2. The highest BCUT2D eigenvalue weighted by atomic mass is 16.6. The molecule has 0 aliphatic carbocycles. The van der Waals surface area contributed by atoms with E-state index in [9.17, 15) is 0 Å². The lowest BCUT2D eigenvalue weighted by atomic mass is 9.94. The zero-order valence-electron chi connectivity index (χ0n) is 18.8. The molecule has 2 nitrogen and oxygen atoms in total. The summed E-state index contributed by atoms with van der Waals surface area (Å²) in [6, 6.07) is 8.49. The molecule has 2 rings (SSSR count). The first-order valence-electron chi connectivity index (χ1n) is 11.7. The van der Waals surface area contributed by atoms with E-state index < -0.39 is 0 Å². The molecule has 1 aromatic carbocycles. The van der Waals surface area contributed by atoms with Crippen molar-refractivity contribution in [2.45, 2.75) is 110 Å². The molecule has 2 heteroatoms. The van der Waals surface area contributed by atoms with Gasteiger partial charge < -0.3 is 9.47 Å². The lowest BCUT2D eigenvalue weighted by Gasteiger charge is -2.10. The van der Waals surface area contributed by atoms with E-state index in [1.165, 1.54) is 56.9 Å². The molecule has 0 amide bonds. The van der Waals surface area contributed by atoms with Gasteiger partial charge in [-0.05, 0) is 69.2 Å². The van der Waals surface area contributed by atoms with E-state index in [0.717, 1.165) is 25.0 Å². The molecule has 0 aromatic heterocycles. The number of allylic oxidation sites excluding steroid dienone is 1. The Bertz CT molecular complexity index is 575. The molecule has 1 saturated heterocycles. The summed E-state index contributed by atoms with van der Waals surface area (Å²) in [6.45, 7) is 9.69. The molecule has 0 radical (unpaired) electrons. The smallest absolute Gasteiger partial charge is 0.119 e. The minimum Gasteiger partial charge on any atom is -0.490 e. The van der Waals surface area contributed by atoms with E-state index >= 15 is 0 Å². The van der Waals surface area contributed by atoms with Gasteiger partial charge in [0.1, 0.15) is 12.4 Å². The fourth-order valence-corrected chi connectivity index (χ4v) is 3.93. The normalized spacial score (nSPS) is 21.7. The van der Waals surface area contributed by atoms with E-state index in [4.69, 9.17) is 9.47 Å². The Morgan fingerprint density at radius 2 is 1.71 bits per heavy atom. The first-order chi connectivity index (χ1) is 13.6. The third kappa shape index (κ3) is 7.99. The summed E-state index contributed by atoms with van der Waals surface area (Å²) in [6.07, 6.45) is 16.4. The van der Waals surface area contributed by atoms with Crippen LogP contribution in [0.4, 0.5) is 0 Å². The van der Waals surface area contributed by atoms with Crippen LogP contribution in [0.5, 0.6) is 5.75 Å². The highest BCUT2D eigenvalue weighted by Crippen LogP contribution is 2.44. The molecule has 158 valence electrons. The highest BCUT2D eigenvalue weighted by molar-refractivity contribution is 5.27. The van der Waals surface area contributed by atoms with Gasteiger partial charge >= 0.3 is 0 Å². The molecule has 2 atom stereocenters. The summed E-state index contributed by atoms with van der Waals surface area (Å²) < 4.78 is 12.0. The number of benzene rings is 1. The Balaban J connectivity index is 1.79. The van der Waals surface area contributed by atoms with Crippen molar-refractivity contribution in [3.05, 3.63) is 41.5 Å². The van der Waals surface area contributed by atoms with Crippen molar-refractivity contribution < 1.29 is 9.47 Å². The molecule has 0 N–H and O–H groups in total. The second-order valence-corrected chi connectivity index (χ2v) is 8.54. The fourth-order valence-electron chi connectivity index (χ4n) is 3.93. The zero-order valence-corrected chi connectivity index (χ0v) is 18.8. The Morgan fingerprint density at radius 3 is 2.39 bits per heavy atom. The maximum absolute atomic E-state index is 6.06. The summed E-state index contributed by atoms with van der Waals surface area (Å²) in [5.74, 6) is 0.968. The summed E-state index contributed by atoms with van der Waals surface area (Å²) in [5.41, 5.74) is 3.06. The van der Waals surface area contributed by atoms with Crippen LogP contribution in [0.3, 0.4) is 0 Å². The van der Waals surface area contributed by atoms with Gasteiger partial charge in [-0.3, -0.25) is 0 Å². The number of rotatable bonds is 15. The third-order valence-electron chi connectivity index (χ3n) is 6.09. The number of hydrogen-bond acceptors (Lipinski definition) is 2. The molecule has 2 unspecified atom stereocenters. The third-order valence-corrected chi connectivity index (χ3v) is 6.09. The van der Waals surface area contributed by atoms with Crippen LogP contribution in [-0.2, 0) is 11.2 Å². The van der Waals surface area contributed by atoms with Gasteiger partial charge in [-0.25, -0.2) is 0 Å². The van der Waals surface area contributed by atoms with E-state index in [2.05, 4.69) is 58.0 Å². The first-order valence-corrected chi connectivity index (χ1v) is 11.7. The van der Waals surface area contributed by atoms with Gasteiger partial charge in [0.05, 0.1) is 11.7 Å². The van der Waals surface area contributed by atoms with Gasteiger partial charge in [-0.1, -0.05) is 70.6 Å². The molecule has 0 spiro atoms. The molecular weight excluding hydrogens is 344 g/mol. The van der Waals surface area contributed by atoms with Gasteiger partial charge in [0, 0.05) is 0 Å². The standard InChI is InChI=1S/C26H42O2/c1-5-8-10-12-23(15-18-25-26(4,28-25)20-11-9-6-2)19-21-27-24-16-13-22(7-3)14-17-24/h13-14,16-17,19,25H,5-12,15,18,20-21H2,1-4H3. The number of hydrogen-bond donors (Lipinski definition) is 0. The van der Waals surface area contributed by atoms with Gasteiger partial charge in [0.15, 0.2) is 0 Å². The molecule has 1 aliphatic rings. The Kier molecular flexibility index (Phi) is 10.1. The van der Waals surface area contributed by atoms with E-state index in [0.29, 0.717) is 12.7 Å². The minimum absolute atomic E-state index is 0.154. The molecule has 1 heterocycles. The highest BCUT2D eigenvalue weighted by Gasteiger charge is 2.50. The first kappa shape index (κ1) is 23.0. The average Bonchev–Trinajstić information content (AvgIpc) is 3.36. The maximum atomic E-state index is 6.06. The lowest BCUT2D eigenvalue weighted by molar-refractivity contribution is 0.288. The van der Waals surface area contributed by atoms with Gasteiger partial charge in [0.2, 0.25) is 0 Å². The minimum atomic E-state index is 0.154. The molecule has 28 heavy (non-hydrogen) atoms. The lowest BCUT2D eigenvalue weighted by Crippen LogP contribution is -2.10. The SMILES string of the molecule is CCCCCC(=CCOc1ccc(CC)cc1)CCC1OC1(C)CCCCC. The number of epoxide rings is 1. The van der Waals surface area contributed by atoms with Crippen molar-refractivity contribution in [3.8, 4) is 5.75 Å². The van der Waals surface area contributed by atoms with Gasteiger partial charge in [-0.15, -0.1) is 0 Å². The van der Waals surface area contributed by atoms with Crippen LogP contribution < -0.4 is 4.74 Å². The second kappa shape index (κ2) is 12.3. The fraction of sp³-hybridized carbons (Fsp3) is 0.692. The van der Waals surface area contributed by atoms with Crippen LogP contribution >= 0.6 is 0 Å². The second-order valence-electron chi connectivity index (χ2n) is 8.54. The molecule has 1 aliphatic heterocycles. The predicted octanol–water partition coefficient (Wildman–Crippen LogP) is 7.65. The topological polar surface area (TPSA) is 21.8 Å². The van der Waals surface area contributed by atoms with Crippen molar-refractivity contribution in [3.63, 3.8) is 0 Å². The van der Waals surface area contributed by atoms with Crippen molar-refractivity contribution in [2.24, 2.45) is 0 Å². The van der Waals surface area contributed by atoms with Crippen molar-refractivity contribution in [1.82, 2.24) is 0 Å². The predicted molar refractivity (Wildman–Crippen MR) is 120 cm³/mol. The monoisotopic (exact) mass is 386 g/mol. The summed E-state index contributed by atoms with van der Waals surface area (Å²) in [7, 11) is 0. The largest absolute Gasteiger partial charge is 0.490 e. The van der Waals surface area contributed by atoms with Gasteiger partial charge in [-0.2, -0.15) is 0 Å².